The summed E-state index contributed by atoms with van der Waals surface area (Å²) in [5.74, 6) is -1.10. The van der Waals surface area contributed by atoms with Gasteiger partial charge >= 0.3 is 0 Å². The van der Waals surface area contributed by atoms with Crippen LogP contribution in [0.5, 0.6) is 5.75 Å². The van der Waals surface area contributed by atoms with Crippen LogP contribution in [0.2, 0.25) is 0 Å². The van der Waals surface area contributed by atoms with Crippen LogP contribution in [-0.4, -0.2) is 47.0 Å². The van der Waals surface area contributed by atoms with Gasteiger partial charge in [-0.05, 0) is 61.6 Å². The molecule has 12 heteroatoms. The molecule has 3 aromatic rings. The molecule has 2 amide bonds. The maximum atomic E-state index is 15.5. The SMILES string of the molecule is CSc1ncc2c(n1)N1CCN=C1C(Oc1ccc(N(C(=O)C3(C(N)=O)CC3)c3ccc(F)cc3)cc1F)=C2. The molecule has 1 fully saturated rings. The minimum absolute atomic E-state index is 0.0906. The number of benzene rings is 2. The average Bonchev–Trinajstić information content (AvgIpc) is 3.61. The lowest BCUT2D eigenvalue weighted by atomic mass is 10.0. The first kappa shape index (κ1) is 25.0. The van der Waals surface area contributed by atoms with E-state index in [4.69, 9.17) is 10.5 Å². The first-order valence-electron chi connectivity index (χ1n) is 12.1. The maximum absolute atomic E-state index is 15.5. The number of nitrogens with two attached hydrogens (primary N) is 1. The minimum Gasteiger partial charge on any atom is -0.450 e. The van der Waals surface area contributed by atoms with Crippen LogP contribution in [0.4, 0.5) is 26.0 Å². The number of aliphatic imine (C=N–C) groups is 1. The molecule has 3 heterocycles. The zero-order chi connectivity index (χ0) is 27.3. The molecule has 2 aliphatic heterocycles. The minimum atomic E-state index is -1.37. The number of amidine groups is 1. The van der Waals surface area contributed by atoms with E-state index in [2.05, 4.69) is 15.0 Å². The molecule has 1 aromatic heterocycles. The predicted octanol–water partition coefficient (Wildman–Crippen LogP) is 4.06. The molecule has 0 unspecified atom stereocenters. The van der Waals surface area contributed by atoms with E-state index in [9.17, 15) is 14.0 Å². The van der Waals surface area contributed by atoms with E-state index in [1.54, 1.807) is 12.3 Å². The van der Waals surface area contributed by atoms with Gasteiger partial charge in [0, 0.05) is 30.1 Å². The summed E-state index contributed by atoms with van der Waals surface area (Å²) in [4.78, 5) is 42.1. The number of amides is 2. The van der Waals surface area contributed by atoms with E-state index in [-0.39, 0.29) is 17.1 Å². The van der Waals surface area contributed by atoms with Crippen molar-refractivity contribution in [1.82, 2.24) is 9.97 Å². The normalized spacial score (nSPS) is 16.5. The fourth-order valence-electron chi connectivity index (χ4n) is 4.64. The van der Waals surface area contributed by atoms with E-state index in [1.807, 2.05) is 11.2 Å². The van der Waals surface area contributed by atoms with Crippen LogP contribution in [0.25, 0.3) is 6.08 Å². The van der Waals surface area contributed by atoms with Crippen LogP contribution in [0.1, 0.15) is 18.4 Å². The molecule has 0 atom stereocenters. The highest BCUT2D eigenvalue weighted by atomic mass is 32.2. The number of hydrogen-bond donors (Lipinski definition) is 1. The van der Waals surface area contributed by atoms with Crippen molar-refractivity contribution in [2.45, 2.75) is 18.0 Å². The third-order valence-electron chi connectivity index (χ3n) is 6.87. The molecule has 0 spiro atoms. The van der Waals surface area contributed by atoms with E-state index >= 15 is 4.39 Å². The largest absolute Gasteiger partial charge is 0.450 e. The molecule has 39 heavy (non-hydrogen) atoms. The van der Waals surface area contributed by atoms with Crippen molar-refractivity contribution in [3.63, 3.8) is 0 Å². The Bertz CT molecular complexity index is 1570. The van der Waals surface area contributed by atoms with E-state index < -0.39 is 28.9 Å². The second-order valence-corrected chi connectivity index (χ2v) is 10.1. The van der Waals surface area contributed by atoms with Crippen LogP contribution in [0.15, 0.2) is 64.6 Å². The number of thioether (sulfide) groups is 1. The van der Waals surface area contributed by atoms with Crippen LogP contribution < -0.4 is 20.3 Å². The Labute approximate surface area is 226 Å². The number of nitrogens with zero attached hydrogens (tertiary/aromatic N) is 5. The molecule has 1 saturated carbocycles. The van der Waals surface area contributed by atoms with Gasteiger partial charge in [-0.1, -0.05) is 11.8 Å². The van der Waals surface area contributed by atoms with Gasteiger partial charge in [-0.15, -0.1) is 0 Å². The van der Waals surface area contributed by atoms with Crippen molar-refractivity contribution in [3.05, 3.63) is 71.6 Å². The van der Waals surface area contributed by atoms with Crippen molar-refractivity contribution in [1.29, 1.82) is 0 Å². The molecule has 0 bridgehead atoms. The van der Waals surface area contributed by atoms with E-state index in [0.717, 1.165) is 11.6 Å². The molecular formula is C27H22F2N6O3S. The van der Waals surface area contributed by atoms with Gasteiger partial charge in [0.15, 0.2) is 28.3 Å². The lowest BCUT2D eigenvalue weighted by Crippen LogP contribution is -2.41. The molecule has 198 valence electrons. The summed E-state index contributed by atoms with van der Waals surface area (Å²) in [5, 5.41) is 0.629. The highest BCUT2D eigenvalue weighted by Gasteiger charge is 2.57. The summed E-state index contributed by atoms with van der Waals surface area (Å²) in [5.41, 5.74) is 5.29. The average molecular weight is 549 g/mol. The molecule has 0 radical (unpaired) electrons. The van der Waals surface area contributed by atoms with Crippen LogP contribution >= 0.6 is 11.8 Å². The number of fused-ring (bicyclic) bond motifs is 3. The number of carbonyl (C=O) groups is 2. The predicted molar refractivity (Wildman–Crippen MR) is 143 cm³/mol. The highest BCUT2D eigenvalue weighted by Crippen LogP contribution is 2.49. The van der Waals surface area contributed by atoms with Gasteiger partial charge in [0.05, 0.1) is 12.2 Å². The van der Waals surface area contributed by atoms with Crippen molar-refractivity contribution in [2.75, 3.05) is 29.1 Å². The number of aromatic nitrogens is 2. The van der Waals surface area contributed by atoms with Crippen molar-refractivity contribution < 1.29 is 23.1 Å². The van der Waals surface area contributed by atoms with Gasteiger partial charge in [0.1, 0.15) is 17.1 Å². The van der Waals surface area contributed by atoms with Crippen LogP contribution in [-0.2, 0) is 9.59 Å². The van der Waals surface area contributed by atoms with Crippen molar-refractivity contribution >= 4 is 52.7 Å². The van der Waals surface area contributed by atoms with E-state index in [1.165, 1.54) is 53.1 Å². The fraction of sp³-hybridized carbons (Fsp3) is 0.222. The summed E-state index contributed by atoms with van der Waals surface area (Å²) >= 11 is 1.43. The highest BCUT2D eigenvalue weighted by molar-refractivity contribution is 7.98. The number of rotatable bonds is 7. The second-order valence-electron chi connectivity index (χ2n) is 9.28. The number of anilines is 3. The Hall–Kier alpha value is -4.32. The van der Waals surface area contributed by atoms with Crippen molar-refractivity contribution in [3.8, 4) is 5.75 Å². The zero-order valence-electron chi connectivity index (χ0n) is 20.7. The van der Waals surface area contributed by atoms with Crippen molar-refractivity contribution in [2.24, 2.45) is 16.1 Å². The van der Waals surface area contributed by atoms with Gasteiger partial charge < -0.3 is 15.4 Å². The van der Waals surface area contributed by atoms with E-state index in [0.29, 0.717) is 48.5 Å². The molecule has 9 nitrogen and oxygen atoms in total. The first-order chi connectivity index (χ1) is 18.8. The molecular weight excluding hydrogens is 526 g/mol. The van der Waals surface area contributed by atoms with Crippen LogP contribution in [0.3, 0.4) is 0 Å². The van der Waals surface area contributed by atoms with Gasteiger partial charge in [-0.3, -0.25) is 19.5 Å². The Balaban J connectivity index is 1.34. The molecule has 2 aromatic carbocycles. The Morgan fingerprint density at radius 1 is 1.13 bits per heavy atom. The quantitative estimate of drug-likeness (QED) is 0.269. The second kappa shape index (κ2) is 9.45. The summed E-state index contributed by atoms with van der Waals surface area (Å²) in [7, 11) is 0. The fourth-order valence-corrected chi connectivity index (χ4v) is 4.97. The summed E-state index contributed by atoms with van der Waals surface area (Å²) in [6, 6.07) is 9.15. The number of primary amides is 1. The summed E-state index contributed by atoms with van der Waals surface area (Å²) in [6.45, 7) is 1.14. The number of hydrogen-bond acceptors (Lipinski definition) is 8. The lowest BCUT2D eigenvalue weighted by molar-refractivity contribution is -0.133. The lowest BCUT2D eigenvalue weighted by Gasteiger charge is -2.28. The standard InChI is InChI=1S/C27H22F2N6O3S/c1-39-26-32-14-15-12-21(23-31-10-11-34(23)22(15)33-26)38-20-7-6-18(13-19(20)29)35(17-4-2-16(28)3-5-17)25(37)27(8-9-27)24(30)36/h2-7,12-14H,8-11H2,1H3,(H2,30,36). The van der Waals surface area contributed by atoms with Gasteiger partial charge in [-0.2, -0.15) is 0 Å². The van der Waals surface area contributed by atoms with Gasteiger partial charge in [-0.25, -0.2) is 18.7 Å². The number of halogens is 2. The Kier molecular flexibility index (Phi) is 6.06. The molecule has 3 aliphatic rings. The number of ether oxygens (including phenoxy) is 1. The molecule has 0 saturated heterocycles. The molecule has 6 rings (SSSR count). The summed E-state index contributed by atoms with van der Waals surface area (Å²) < 4.78 is 35.1. The maximum Gasteiger partial charge on any atom is 0.247 e. The third-order valence-corrected chi connectivity index (χ3v) is 7.43. The smallest absolute Gasteiger partial charge is 0.247 e. The summed E-state index contributed by atoms with van der Waals surface area (Å²) in [6.07, 6.45) is 5.87. The molecule has 2 N–H and O–H groups in total. The topological polar surface area (TPSA) is 114 Å². The van der Waals surface area contributed by atoms with Gasteiger partial charge in [0.2, 0.25) is 11.8 Å². The third kappa shape index (κ3) is 4.30. The Morgan fingerprint density at radius 3 is 2.54 bits per heavy atom. The first-order valence-corrected chi connectivity index (χ1v) is 13.4. The monoisotopic (exact) mass is 548 g/mol. The molecule has 1 aliphatic carbocycles. The van der Waals surface area contributed by atoms with Gasteiger partial charge in [0.25, 0.3) is 0 Å². The number of carbonyl (C=O) groups excluding carboxylic acids is 2. The Morgan fingerprint density at radius 2 is 1.87 bits per heavy atom. The zero-order valence-corrected chi connectivity index (χ0v) is 21.5. The van der Waals surface area contributed by atoms with Crippen LogP contribution in [0, 0.1) is 17.0 Å².